The van der Waals surface area contributed by atoms with Crippen molar-refractivity contribution >= 4 is 5.91 Å². The molecule has 28 heavy (non-hydrogen) atoms. The first-order valence-corrected chi connectivity index (χ1v) is 8.48. The molecule has 138 valence electrons. The number of pyridine rings is 1. The average Bonchev–Trinajstić information content (AvgIpc) is 3.19. The number of rotatable bonds is 4. The van der Waals surface area contributed by atoms with Gasteiger partial charge in [-0.3, -0.25) is 9.78 Å². The van der Waals surface area contributed by atoms with E-state index in [-0.39, 0.29) is 11.7 Å². The van der Waals surface area contributed by atoms with Gasteiger partial charge in [-0.15, -0.1) is 5.10 Å². The first kappa shape index (κ1) is 17.5. The zero-order valence-electron chi connectivity index (χ0n) is 14.9. The molecule has 0 unspecified atom stereocenters. The second-order valence-electron chi connectivity index (χ2n) is 5.98. The first-order valence-electron chi connectivity index (χ1n) is 8.48. The predicted molar refractivity (Wildman–Crippen MR) is 101 cm³/mol. The maximum Gasteiger partial charge on any atom is 0.280 e. The molecule has 0 aliphatic carbocycles. The third-order valence-corrected chi connectivity index (χ3v) is 4.25. The van der Waals surface area contributed by atoms with Crippen molar-refractivity contribution in [2.75, 3.05) is 7.11 Å². The fourth-order valence-corrected chi connectivity index (χ4v) is 2.87. The monoisotopic (exact) mass is 374 g/mol. The standard InChI is InChI=1S/C21H15FN4O2/c1-28-18-4-2-3-16(13-18)21(27)26-20(15-9-11-23-12-10-15)19(24-25-26)14-5-7-17(22)8-6-14/h2-13H,1H3. The Morgan fingerprint density at radius 3 is 2.46 bits per heavy atom. The summed E-state index contributed by atoms with van der Waals surface area (Å²) in [6.07, 6.45) is 3.24. The quantitative estimate of drug-likeness (QED) is 0.543. The van der Waals surface area contributed by atoms with Crippen molar-refractivity contribution in [1.29, 1.82) is 0 Å². The van der Waals surface area contributed by atoms with E-state index in [4.69, 9.17) is 4.74 Å². The summed E-state index contributed by atoms with van der Waals surface area (Å²) in [5.41, 5.74) is 2.75. The van der Waals surface area contributed by atoms with E-state index in [2.05, 4.69) is 15.3 Å². The molecule has 4 rings (SSSR count). The molecule has 4 aromatic rings. The number of methoxy groups -OCH3 is 1. The zero-order valence-corrected chi connectivity index (χ0v) is 14.9. The summed E-state index contributed by atoms with van der Waals surface area (Å²) in [5.74, 6) is -0.143. The lowest BCUT2D eigenvalue weighted by Gasteiger charge is -2.08. The largest absolute Gasteiger partial charge is 0.497 e. The number of benzene rings is 2. The average molecular weight is 374 g/mol. The Balaban J connectivity index is 1.88. The molecule has 0 spiro atoms. The van der Waals surface area contributed by atoms with Crippen molar-refractivity contribution in [2.45, 2.75) is 0 Å². The Labute approximate surface area is 160 Å². The van der Waals surface area contributed by atoms with Gasteiger partial charge in [0.2, 0.25) is 0 Å². The minimum absolute atomic E-state index is 0.353. The molecule has 0 saturated heterocycles. The molecule has 2 aromatic carbocycles. The third-order valence-electron chi connectivity index (χ3n) is 4.25. The van der Waals surface area contributed by atoms with Gasteiger partial charge >= 0.3 is 0 Å². The van der Waals surface area contributed by atoms with Crippen LogP contribution in [0.5, 0.6) is 5.75 Å². The number of nitrogens with zero attached hydrogens (tertiary/aromatic N) is 4. The van der Waals surface area contributed by atoms with E-state index in [9.17, 15) is 9.18 Å². The van der Waals surface area contributed by atoms with Crippen LogP contribution in [0.25, 0.3) is 22.5 Å². The molecule has 0 fully saturated rings. The van der Waals surface area contributed by atoms with Gasteiger partial charge in [-0.25, -0.2) is 4.39 Å². The lowest BCUT2D eigenvalue weighted by molar-refractivity contribution is 0.0944. The molecule has 0 atom stereocenters. The van der Waals surface area contributed by atoms with E-state index >= 15 is 0 Å². The van der Waals surface area contributed by atoms with Gasteiger partial charge in [-0.05, 0) is 54.6 Å². The molecule has 7 heteroatoms. The summed E-state index contributed by atoms with van der Waals surface area (Å²) < 4.78 is 19.8. The maximum atomic E-state index is 13.3. The third kappa shape index (κ3) is 3.25. The number of hydrogen-bond acceptors (Lipinski definition) is 5. The number of hydrogen-bond donors (Lipinski definition) is 0. The minimum Gasteiger partial charge on any atom is -0.497 e. The molecule has 0 bridgehead atoms. The minimum atomic E-state index is -0.355. The van der Waals surface area contributed by atoms with Gasteiger partial charge in [0.05, 0.1) is 7.11 Å². The SMILES string of the molecule is COc1cccc(C(=O)n2nnc(-c3ccc(F)cc3)c2-c2ccncc2)c1. The van der Waals surface area contributed by atoms with Crippen molar-refractivity contribution in [2.24, 2.45) is 0 Å². The van der Waals surface area contributed by atoms with Crippen molar-refractivity contribution in [3.05, 3.63) is 84.4 Å². The second-order valence-corrected chi connectivity index (χ2v) is 5.98. The van der Waals surface area contributed by atoms with Crippen LogP contribution in [-0.2, 0) is 0 Å². The summed E-state index contributed by atoms with van der Waals surface area (Å²) in [6.45, 7) is 0. The van der Waals surface area contributed by atoms with Crippen LogP contribution in [0.1, 0.15) is 10.4 Å². The van der Waals surface area contributed by atoms with Gasteiger partial charge in [0.1, 0.15) is 23.0 Å². The van der Waals surface area contributed by atoms with Crippen LogP contribution in [0.15, 0.2) is 73.1 Å². The molecular formula is C21H15FN4O2. The van der Waals surface area contributed by atoms with Crippen molar-refractivity contribution in [1.82, 2.24) is 20.0 Å². The summed E-state index contributed by atoms with van der Waals surface area (Å²) in [4.78, 5) is 17.2. The maximum absolute atomic E-state index is 13.3. The molecule has 0 N–H and O–H groups in total. The molecule has 2 aromatic heterocycles. The number of carbonyl (C=O) groups excluding carboxylic acids is 1. The van der Waals surface area contributed by atoms with Crippen molar-refractivity contribution in [3.63, 3.8) is 0 Å². The first-order chi connectivity index (χ1) is 13.7. The fourth-order valence-electron chi connectivity index (χ4n) is 2.87. The topological polar surface area (TPSA) is 69.9 Å². The summed E-state index contributed by atoms with van der Waals surface area (Å²) in [6, 6.07) is 16.2. The molecule has 2 heterocycles. The van der Waals surface area contributed by atoms with Gasteiger partial charge in [0.25, 0.3) is 5.91 Å². The Morgan fingerprint density at radius 1 is 1.00 bits per heavy atom. The second kappa shape index (κ2) is 7.40. The highest BCUT2D eigenvalue weighted by Gasteiger charge is 2.22. The number of ether oxygens (including phenoxy) is 1. The van der Waals surface area contributed by atoms with Gasteiger partial charge < -0.3 is 4.74 Å². The molecular weight excluding hydrogens is 359 g/mol. The fraction of sp³-hybridized carbons (Fsp3) is 0.0476. The summed E-state index contributed by atoms with van der Waals surface area (Å²) >= 11 is 0. The van der Waals surface area contributed by atoms with E-state index in [1.54, 1.807) is 60.9 Å². The molecule has 0 radical (unpaired) electrons. The summed E-state index contributed by atoms with van der Waals surface area (Å²) in [7, 11) is 1.54. The summed E-state index contributed by atoms with van der Waals surface area (Å²) in [5, 5.41) is 8.28. The lowest BCUT2D eigenvalue weighted by Crippen LogP contribution is -2.15. The Kier molecular flexibility index (Phi) is 4.63. The molecule has 0 saturated carbocycles. The highest BCUT2D eigenvalue weighted by atomic mass is 19.1. The molecule has 0 aliphatic heterocycles. The van der Waals surface area contributed by atoms with Gasteiger partial charge in [-0.2, -0.15) is 4.68 Å². The normalized spacial score (nSPS) is 10.6. The van der Waals surface area contributed by atoms with E-state index in [0.29, 0.717) is 28.3 Å². The van der Waals surface area contributed by atoms with E-state index in [0.717, 1.165) is 5.56 Å². The van der Waals surface area contributed by atoms with Crippen LogP contribution in [-0.4, -0.2) is 33.0 Å². The van der Waals surface area contributed by atoms with Crippen LogP contribution in [0, 0.1) is 5.82 Å². The van der Waals surface area contributed by atoms with Crippen molar-refractivity contribution < 1.29 is 13.9 Å². The predicted octanol–water partition coefficient (Wildman–Crippen LogP) is 3.84. The highest BCUT2D eigenvalue weighted by molar-refractivity contribution is 5.99. The highest BCUT2D eigenvalue weighted by Crippen LogP contribution is 2.30. The van der Waals surface area contributed by atoms with Gasteiger partial charge in [-0.1, -0.05) is 11.3 Å². The van der Waals surface area contributed by atoms with Crippen LogP contribution in [0.3, 0.4) is 0 Å². The Hall–Kier alpha value is -3.87. The van der Waals surface area contributed by atoms with Gasteiger partial charge in [0, 0.05) is 29.1 Å². The van der Waals surface area contributed by atoms with E-state index in [1.165, 1.54) is 23.9 Å². The lowest BCUT2D eigenvalue weighted by atomic mass is 10.1. The molecule has 6 nitrogen and oxygen atoms in total. The van der Waals surface area contributed by atoms with Gasteiger partial charge in [0.15, 0.2) is 0 Å². The number of halogens is 1. The number of carbonyl (C=O) groups is 1. The molecule has 0 aliphatic rings. The number of aromatic nitrogens is 4. The van der Waals surface area contributed by atoms with Crippen LogP contribution >= 0.6 is 0 Å². The van der Waals surface area contributed by atoms with E-state index in [1.807, 2.05) is 0 Å². The van der Waals surface area contributed by atoms with Crippen LogP contribution in [0.4, 0.5) is 4.39 Å². The van der Waals surface area contributed by atoms with Crippen molar-refractivity contribution in [3.8, 4) is 28.3 Å². The zero-order chi connectivity index (χ0) is 19.5. The smallest absolute Gasteiger partial charge is 0.280 e. The Bertz CT molecular complexity index is 1120. The molecule has 0 amide bonds. The Morgan fingerprint density at radius 2 is 1.75 bits per heavy atom. The van der Waals surface area contributed by atoms with Crippen LogP contribution in [0.2, 0.25) is 0 Å². The van der Waals surface area contributed by atoms with E-state index < -0.39 is 0 Å². The van der Waals surface area contributed by atoms with Crippen LogP contribution < -0.4 is 4.74 Å².